The fourth-order valence-corrected chi connectivity index (χ4v) is 3.99. The Morgan fingerprint density at radius 1 is 1.22 bits per heavy atom. The summed E-state index contributed by atoms with van der Waals surface area (Å²) in [5, 5.41) is 12.9. The molecule has 0 bridgehead atoms. The van der Waals surface area contributed by atoms with Gasteiger partial charge in [0.05, 0.1) is 26.2 Å². The van der Waals surface area contributed by atoms with Crippen molar-refractivity contribution in [1.29, 1.82) is 0 Å². The van der Waals surface area contributed by atoms with Gasteiger partial charge in [-0.15, -0.1) is 10.2 Å². The van der Waals surface area contributed by atoms with E-state index in [2.05, 4.69) is 36.7 Å². The Balaban J connectivity index is 1.66. The summed E-state index contributed by atoms with van der Waals surface area (Å²) in [6, 6.07) is 9.97. The van der Waals surface area contributed by atoms with E-state index in [-0.39, 0.29) is 17.2 Å². The van der Waals surface area contributed by atoms with Crippen LogP contribution < -0.4 is 14.9 Å². The van der Waals surface area contributed by atoms with Crippen LogP contribution >= 0.6 is 27.7 Å². The highest BCUT2D eigenvalue weighted by atomic mass is 79.9. The molecule has 1 N–H and O–H groups in total. The number of hydrogen-bond donors (Lipinski definition) is 1. The number of benzene rings is 2. The summed E-state index contributed by atoms with van der Waals surface area (Å²) >= 11 is 4.50. The first-order valence-corrected chi connectivity index (χ1v) is 11.3. The first kappa shape index (κ1) is 23.7. The number of carbonyl (C=O) groups is 1. The molecule has 0 atom stereocenters. The first-order valence-electron chi connectivity index (χ1n) is 9.52. The Morgan fingerprint density at radius 3 is 2.72 bits per heavy atom. The lowest BCUT2D eigenvalue weighted by Crippen LogP contribution is -2.20. The maximum absolute atomic E-state index is 13.7. The van der Waals surface area contributed by atoms with Crippen LogP contribution in [0.5, 0.6) is 11.5 Å². The number of carbonyl (C=O) groups excluding carboxylic acids is 1. The predicted molar refractivity (Wildman–Crippen MR) is 125 cm³/mol. The molecule has 0 saturated carbocycles. The van der Waals surface area contributed by atoms with Crippen molar-refractivity contribution in [2.75, 3.05) is 20.0 Å². The molecule has 1 amide bonds. The maximum Gasteiger partial charge on any atom is 0.250 e. The largest absolute Gasteiger partial charge is 0.493 e. The second-order valence-electron chi connectivity index (χ2n) is 6.37. The van der Waals surface area contributed by atoms with Crippen LogP contribution in [0.3, 0.4) is 0 Å². The summed E-state index contributed by atoms with van der Waals surface area (Å²) < 4.78 is 27.0. The van der Waals surface area contributed by atoms with Gasteiger partial charge in [0.1, 0.15) is 5.82 Å². The number of nitrogens with one attached hydrogen (secondary N) is 1. The molecule has 1 heterocycles. The smallest absolute Gasteiger partial charge is 0.250 e. The summed E-state index contributed by atoms with van der Waals surface area (Å²) in [5.74, 6) is 1.15. The average molecular weight is 522 g/mol. The molecule has 2 aromatic carbocycles. The fraction of sp³-hybridized carbons (Fsp3) is 0.238. The highest BCUT2D eigenvalue weighted by molar-refractivity contribution is 9.10. The molecule has 0 aliphatic rings. The lowest BCUT2D eigenvalue weighted by Gasteiger charge is -2.10. The Kier molecular flexibility index (Phi) is 8.23. The van der Waals surface area contributed by atoms with Crippen LogP contribution in [0.1, 0.15) is 12.5 Å². The molecule has 1 aromatic heterocycles. The van der Waals surface area contributed by atoms with Crippen molar-refractivity contribution in [3.63, 3.8) is 0 Å². The zero-order chi connectivity index (χ0) is 23.1. The molecule has 8 nitrogen and oxygen atoms in total. The Labute approximate surface area is 197 Å². The number of halogens is 2. The van der Waals surface area contributed by atoms with Crippen molar-refractivity contribution in [3.05, 3.63) is 52.3 Å². The van der Waals surface area contributed by atoms with Gasteiger partial charge in [0.15, 0.2) is 22.5 Å². The molecule has 3 rings (SSSR count). The summed E-state index contributed by atoms with van der Waals surface area (Å²) in [5.41, 5.74) is 3.47. The molecule has 0 radical (unpaired) electrons. The van der Waals surface area contributed by atoms with E-state index in [0.29, 0.717) is 33.5 Å². The predicted octanol–water partition coefficient (Wildman–Crippen LogP) is 4.13. The lowest BCUT2D eigenvalue weighted by atomic mass is 10.2. The van der Waals surface area contributed by atoms with Crippen molar-refractivity contribution in [2.24, 2.45) is 5.10 Å². The maximum atomic E-state index is 13.7. The Morgan fingerprint density at radius 2 is 2.00 bits per heavy atom. The van der Waals surface area contributed by atoms with Gasteiger partial charge >= 0.3 is 0 Å². The standard InChI is InChI=1S/C21H21BrFN5O3S/c1-4-28-20(13-5-8-17(30-2)18(10-13)31-3)26-27-21(28)32-12-19(29)25-24-11-14-9-15(22)6-7-16(14)23/h5-11H,4,12H2,1-3H3,(H,25,29)/b24-11-. The highest BCUT2D eigenvalue weighted by Gasteiger charge is 2.16. The van der Waals surface area contributed by atoms with Crippen molar-refractivity contribution in [3.8, 4) is 22.9 Å². The SMILES string of the molecule is CCn1c(SCC(=O)N/N=C\c2cc(Br)ccc2F)nnc1-c1ccc(OC)c(OC)c1. The minimum atomic E-state index is -0.431. The summed E-state index contributed by atoms with van der Waals surface area (Å²) in [7, 11) is 3.14. The van der Waals surface area contributed by atoms with E-state index in [1.165, 1.54) is 24.0 Å². The van der Waals surface area contributed by atoms with Gasteiger partial charge in [-0.25, -0.2) is 9.82 Å². The van der Waals surface area contributed by atoms with Gasteiger partial charge in [-0.2, -0.15) is 5.10 Å². The molecule has 168 valence electrons. The van der Waals surface area contributed by atoms with Crippen molar-refractivity contribution < 1.29 is 18.7 Å². The molecule has 0 aliphatic heterocycles. The van der Waals surface area contributed by atoms with Crippen LogP contribution in [0, 0.1) is 5.82 Å². The minimum absolute atomic E-state index is 0.0718. The van der Waals surface area contributed by atoms with Gasteiger partial charge in [-0.05, 0) is 43.3 Å². The second kappa shape index (κ2) is 11.1. The van der Waals surface area contributed by atoms with Gasteiger partial charge in [0.2, 0.25) is 0 Å². The van der Waals surface area contributed by atoms with E-state index >= 15 is 0 Å². The molecular formula is C21H21BrFN5O3S. The van der Waals surface area contributed by atoms with Gasteiger partial charge in [0.25, 0.3) is 5.91 Å². The van der Waals surface area contributed by atoms with E-state index in [4.69, 9.17) is 9.47 Å². The Hall–Kier alpha value is -2.92. The van der Waals surface area contributed by atoms with E-state index < -0.39 is 5.82 Å². The number of hydrazone groups is 1. The second-order valence-corrected chi connectivity index (χ2v) is 8.23. The molecule has 32 heavy (non-hydrogen) atoms. The quantitative estimate of drug-likeness (QED) is 0.258. The highest BCUT2D eigenvalue weighted by Crippen LogP contribution is 2.32. The molecule has 0 saturated heterocycles. The minimum Gasteiger partial charge on any atom is -0.493 e. The topological polar surface area (TPSA) is 90.6 Å². The number of amides is 1. The normalized spacial score (nSPS) is 11.0. The number of aromatic nitrogens is 3. The van der Waals surface area contributed by atoms with Crippen LogP contribution in [0.2, 0.25) is 0 Å². The van der Waals surface area contributed by atoms with E-state index in [1.54, 1.807) is 32.4 Å². The number of rotatable bonds is 9. The number of ether oxygens (including phenoxy) is 2. The number of hydrogen-bond acceptors (Lipinski definition) is 7. The van der Waals surface area contributed by atoms with Crippen molar-refractivity contribution in [1.82, 2.24) is 20.2 Å². The zero-order valence-corrected chi connectivity index (χ0v) is 20.0. The Bertz CT molecular complexity index is 1140. The summed E-state index contributed by atoms with van der Waals surface area (Å²) in [6.07, 6.45) is 1.26. The molecule has 3 aromatic rings. The molecule has 0 spiro atoms. The monoisotopic (exact) mass is 521 g/mol. The third-order valence-electron chi connectivity index (χ3n) is 4.36. The first-order chi connectivity index (χ1) is 15.5. The number of thioether (sulfide) groups is 1. The third kappa shape index (κ3) is 5.65. The molecule has 11 heteroatoms. The lowest BCUT2D eigenvalue weighted by molar-refractivity contribution is -0.118. The van der Waals surface area contributed by atoms with Crippen molar-refractivity contribution in [2.45, 2.75) is 18.6 Å². The summed E-state index contributed by atoms with van der Waals surface area (Å²) in [6.45, 7) is 2.58. The fourth-order valence-electron chi connectivity index (χ4n) is 2.82. The van der Waals surface area contributed by atoms with E-state index in [0.717, 1.165) is 5.56 Å². The molecule has 0 unspecified atom stereocenters. The molecule has 0 fully saturated rings. The van der Waals surface area contributed by atoms with Crippen LogP contribution in [-0.4, -0.2) is 46.9 Å². The van der Waals surface area contributed by atoms with Crippen LogP contribution in [0.25, 0.3) is 11.4 Å². The summed E-state index contributed by atoms with van der Waals surface area (Å²) in [4.78, 5) is 12.2. The van der Waals surface area contributed by atoms with Crippen molar-refractivity contribution >= 4 is 39.8 Å². The molecule has 0 aliphatic carbocycles. The van der Waals surface area contributed by atoms with Crippen LogP contribution in [0.4, 0.5) is 4.39 Å². The van der Waals surface area contributed by atoms with Gasteiger partial charge in [-0.1, -0.05) is 27.7 Å². The third-order valence-corrected chi connectivity index (χ3v) is 5.82. The van der Waals surface area contributed by atoms with Gasteiger partial charge in [-0.3, -0.25) is 4.79 Å². The average Bonchev–Trinajstić information content (AvgIpc) is 3.22. The van der Waals surface area contributed by atoms with Gasteiger partial charge < -0.3 is 14.0 Å². The molecular weight excluding hydrogens is 501 g/mol. The zero-order valence-electron chi connectivity index (χ0n) is 17.6. The van der Waals surface area contributed by atoms with Crippen LogP contribution in [-0.2, 0) is 11.3 Å². The number of nitrogens with zero attached hydrogens (tertiary/aromatic N) is 4. The van der Waals surface area contributed by atoms with E-state index in [9.17, 15) is 9.18 Å². The van der Waals surface area contributed by atoms with E-state index in [1.807, 2.05) is 23.6 Å². The van der Waals surface area contributed by atoms with Crippen LogP contribution in [0.15, 0.2) is 51.1 Å². The van der Waals surface area contributed by atoms with Gasteiger partial charge in [0, 0.05) is 22.1 Å². The number of methoxy groups -OCH3 is 2.